The predicted octanol–water partition coefficient (Wildman–Crippen LogP) is 7.18. The largest absolute Gasteiger partial charge is 0.193 e. The summed E-state index contributed by atoms with van der Waals surface area (Å²) in [6.45, 7) is 2.26. The van der Waals surface area contributed by atoms with Crippen molar-refractivity contribution in [2.24, 2.45) is 11.8 Å². The molecule has 0 radical (unpaired) electrons. The van der Waals surface area contributed by atoms with E-state index >= 15 is 0 Å². The molecule has 1 heteroatoms. The summed E-state index contributed by atoms with van der Waals surface area (Å²) in [6.07, 6.45) is 22.1. The monoisotopic (exact) mass is 349 g/mol. The molecule has 1 aliphatic rings. The van der Waals surface area contributed by atoms with E-state index in [0.717, 1.165) is 18.3 Å². The third kappa shape index (κ3) is 8.05. The second-order valence-corrected chi connectivity index (χ2v) is 7.84. The Labute approximate surface area is 160 Å². The minimum Gasteiger partial charge on any atom is -0.193 e. The summed E-state index contributed by atoms with van der Waals surface area (Å²) in [5.74, 6) is 1.84. The van der Waals surface area contributed by atoms with Gasteiger partial charge in [0.25, 0.3) is 0 Å². The summed E-state index contributed by atoms with van der Waals surface area (Å²) < 4.78 is 0. The fraction of sp³-hybridized carbons (Fsp3) is 0.560. The van der Waals surface area contributed by atoms with Crippen molar-refractivity contribution in [1.29, 1.82) is 5.26 Å². The summed E-state index contributed by atoms with van der Waals surface area (Å²) in [5.41, 5.74) is 3.01. The van der Waals surface area contributed by atoms with Gasteiger partial charge in [0, 0.05) is 6.08 Å². The first-order valence-electron chi connectivity index (χ1n) is 10.6. The second-order valence-electron chi connectivity index (χ2n) is 7.84. The van der Waals surface area contributed by atoms with Gasteiger partial charge in [-0.1, -0.05) is 81.5 Å². The zero-order valence-electron chi connectivity index (χ0n) is 16.5. The average Bonchev–Trinajstić information content (AvgIpc) is 2.69. The van der Waals surface area contributed by atoms with Crippen LogP contribution in [0.1, 0.15) is 75.8 Å². The molecule has 0 N–H and O–H groups in total. The highest BCUT2D eigenvalue weighted by Gasteiger charge is 2.20. The van der Waals surface area contributed by atoms with E-state index in [4.69, 9.17) is 5.26 Å². The number of aryl methyl sites for hydroxylation is 2. The van der Waals surface area contributed by atoms with Crippen molar-refractivity contribution in [1.82, 2.24) is 0 Å². The SMILES string of the molecule is CCCCc1ccc(CCC2CCC(CC/C=C/C=C/C#N)CC2)cc1. The normalized spacial score (nSPS) is 20.6. The van der Waals surface area contributed by atoms with Gasteiger partial charge < -0.3 is 0 Å². The lowest BCUT2D eigenvalue weighted by atomic mass is 9.78. The Hall–Kier alpha value is -1.81. The van der Waals surface area contributed by atoms with Crippen LogP contribution in [0.5, 0.6) is 0 Å². The molecular weight excluding hydrogens is 314 g/mol. The number of hydrogen-bond donors (Lipinski definition) is 0. The van der Waals surface area contributed by atoms with Crippen molar-refractivity contribution in [3.63, 3.8) is 0 Å². The summed E-state index contributed by atoms with van der Waals surface area (Å²) >= 11 is 0. The Kier molecular flexibility index (Phi) is 9.88. The van der Waals surface area contributed by atoms with Crippen LogP contribution in [0.4, 0.5) is 0 Å². The first-order valence-corrected chi connectivity index (χ1v) is 10.6. The van der Waals surface area contributed by atoms with Gasteiger partial charge >= 0.3 is 0 Å². The third-order valence-electron chi connectivity index (χ3n) is 5.81. The van der Waals surface area contributed by atoms with Crippen LogP contribution in [-0.4, -0.2) is 0 Å². The minimum atomic E-state index is 0.911. The second kappa shape index (κ2) is 12.5. The lowest BCUT2D eigenvalue weighted by molar-refractivity contribution is 0.254. The van der Waals surface area contributed by atoms with Crippen molar-refractivity contribution in [2.45, 2.75) is 77.6 Å². The minimum absolute atomic E-state index is 0.911. The summed E-state index contributed by atoms with van der Waals surface area (Å²) in [5, 5.41) is 8.44. The van der Waals surface area contributed by atoms with Crippen molar-refractivity contribution >= 4 is 0 Å². The maximum atomic E-state index is 8.44. The van der Waals surface area contributed by atoms with Gasteiger partial charge in [-0.15, -0.1) is 0 Å². The van der Waals surface area contributed by atoms with Crippen LogP contribution in [0.15, 0.2) is 48.6 Å². The Balaban J connectivity index is 1.60. The molecule has 1 aromatic carbocycles. The van der Waals surface area contributed by atoms with E-state index in [1.807, 2.05) is 18.2 Å². The molecule has 0 bridgehead atoms. The zero-order chi connectivity index (χ0) is 18.5. The number of allylic oxidation sites excluding steroid dienone is 4. The van der Waals surface area contributed by atoms with Gasteiger partial charge in [-0.25, -0.2) is 0 Å². The molecule has 0 aliphatic heterocycles. The summed E-state index contributed by atoms with van der Waals surface area (Å²) in [4.78, 5) is 0. The molecule has 1 nitrogen and oxygen atoms in total. The zero-order valence-corrected chi connectivity index (χ0v) is 16.5. The predicted molar refractivity (Wildman–Crippen MR) is 112 cm³/mol. The Bertz CT molecular complexity index is 580. The fourth-order valence-electron chi connectivity index (χ4n) is 4.04. The highest BCUT2D eigenvalue weighted by molar-refractivity contribution is 5.22. The quantitative estimate of drug-likeness (QED) is 0.324. The molecule has 1 aliphatic carbocycles. The number of benzene rings is 1. The van der Waals surface area contributed by atoms with Crippen molar-refractivity contribution in [2.75, 3.05) is 0 Å². The third-order valence-corrected chi connectivity index (χ3v) is 5.81. The Morgan fingerprint density at radius 1 is 0.923 bits per heavy atom. The molecule has 0 atom stereocenters. The smallest absolute Gasteiger partial charge is 0.0912 e. The lowest BCUT2D eigenvalue weighted by Crippen LogP contribution is -2.15. The molecule has 1 aromatic rings. The molecule has 0 saturated heterocycles. The highest BCUT2D eigenvalue weighted by Crippen LogP contribution is 2.34. The maximum Gasteiger partial charge on any atom is 0.0912 e. The number of unbranched alkanes of at least 4 members (excludes halogenated alkanes) is 1. The number of nitrogens with zero attached hydrogens (tertiary/aromatic N) is 1. The van der Waals surface area contributed by atoms with E-state index in [2.05, 4.69) is 37.3 Å². The highest BCUT2D eigenvalue weighted by atomic mass is 14.3. The topological polar surface area (TPSA) is 23.8 Å². The van der Waals surface area contributed by atoms with Gasteiger partial charge in [0.2, 0.25) is 0 Å². The molecule has 26 heavy (non-hydrogen) atoms. The van der Waals surface area contributed by atoms with E-state index in [-0.39, 0.29) is 0 Å². The molecule has 2 rings (SSSR count). The number of rotatable bonds is 10. The van der Waals surface area contributed by atoms with Gasteiger partial charge in [0.15, 0.2) is 0 Å². The molecule has 1 fully saturated rings. The van der Waals surface area contributed by atoms with Crippen LogP contribution in [0, 0.1) is 23.2 Å². The van der Waals surface area contributed by atoms with E-state index in [0.29, 0.717) is 0 Å². The molecular formula is C25H35N. The molecule has 0 unspecified atom stereocenters. The molecule has 1 saturated carbocycles. The molecule has 0 spiro atoms. The van der Waals surface area contributed by atoms with Crippen molar-refractivity contribution < 1.29 is 0 Å². The van der Waals surface area contributed by atoms with Crippen LogP contribution in [0.3, 0.4) is 0 Å². The summed E-state index contributed by atoms with van der Waals surface area (Å²) in [7, 11) is 0. The van der Waals surface area contributed by atoms with Crippen LogP contribution in [-0.2, 0) is 12.8 Å². The van der Waals surface area contributed by atoms with Crippen LogP contribution >= 0.6 is 0 Å². The van der Waals surface area contributed by atoms with E-state index in [1.54, 1.807) is 0 Å². The summed E-state index contributed by atoms with van der Waals surface area (Å²) in [6, 6.07) is 11.4. The molecule has 0 aromatic heterocycles. The van der Waals surface area contributed by atoms with Gasteiger partial charge in [-0.3, -0.25) is 0 Å². The van der Waals surface area contributed by atoms with E-state index < -0.39 is 0 Å². The molecule has 0 amide bonds. The Morgan fingerprint density at radius 3 is 2.15 bits per heavy atom. The van der Waals surface area contributed by atoms with E-state index in [9.17, 15) is 0 Å². The average molecular weight is 350 g/mol. The van der Waals surface area contributed by atoms with E-state index in [1.165, 1.54) is 81.4 Å². The fourth-order valence-corrected chi connectivity index (χ4v) is 4.04. The first-order chi connectivity index (χ1) is 12.8. The Morgan fingerprint density at radius 2 is 1.54 bits per heavy atom. The van der Waals surface area contributed by atoms with Crippen LogP contribution in [0.2, 0.25) is 0 Å². The first kappa shape index (κ1) is 20.5. The van der Waals surface area contributed by atoms with Gasteiger partial charge in [0.1, 0.15) is 0 Å². The van der Waals surface area contributed by atoms with Crippen LogP contribution < -0.4 is 0 Å². The number of hydrogen-bond acceptors (Lipinski definition) is 1. The van der Waals surface area contributed by atoms with Gasteiger partial charge in [-0.05, 0) is 61.5 Å². The molecule has 140 valence electrons. The molecule has 0 heterocycles. The van der Waals surface area contributed by atoms with Crippen molar-refractivity contribution in [3.8, 4) is 6.07 Å². The maximum absolute atomic E-state index is 8.44. The number of nitriles is 1. The standard InChI is InChI=1S/C25H35N/c1-2-3-9-22-11-15-24(16-12-22)19-20-25-17-13-23(14-18-25)10-7-5-4-6-8-21-26/h4-6,8,11-12,15-16,23,25H,2-3,7,9-10,13-14,17-20H2,1H3/b5-4+,8-6+. The van der Waals surface area contributed by atoms with Crippen LogP contribution in [0.25, 0.3) is 0 Å². The lowest BCUT2D eigenvalue weighted by Gasteiger charge is -2.28. The van der Waals surface area contributed by atoms with Crippen molar-refractivity contribution in [3.05, 3.63) is 59.7 Å². The van der Waals surface area contributed by atoms with Gasteiger partial charge in [-0.2, -0.15) is 5.26 Å². The van der Waals surface area contributed by atoms with Gasteiger partial charge in [0.05, 0.1) is 6.07 Å².